The molecule has 1 fully saturated rings. The predicted octanol–water partition coefficient (Wildman–Crippen LogP) is 3.73. The zero-order valence-corrected chi connectivity index (χ0v) is 24.1. The molecule has 1 aliphatic rings. The molecule has 0 bridgehead atoms. The fourth-order valence-electron chi connectivity index (χ4n) is 4.31. The van der Waals surface area contributed by atoms with Crippen molar-refractivity contribution in [3.63, 3.8) is 0 Å². The molecule has 0 spiro atoms. The summed E-state index contributed by atoms with van der Waals surface area (Å²) in [4.78, 5) is 38.6. The number of nitrogens with zero attached hydrogens (tertiary/aromatic N) is 5. The van der Waals surface area contributed by atoms with Gasteiger partial charge < -0.3 is 10.2 Å². The van der Waals surface area contributed by atoms with Crippen molar-refractivity contribution < 1.29 is 23.2 Å². The van der Waals surface area contributed by atoms with Crippen molar-refractivity contribution in [2.45, 2.75) is 4.90 Å². The minimum atomic E-state index is -3.96. The van der Waals surface area contributed by atoms with E-state index in [0.29, 0.717) is 41.0 Å². The molecule has 0 unspecified atom stereocenters. The molecule has 2 aromatic carbocycles. The first-order valence-electron chi connectivity index (χ1n) is 12.5. The fourth-order valence-corrected chi connectivity index (χ4v) is 6.46. The number of carbonyl (C=O) groups excluding carboxylic acids is 2. The van der Waals surface area contributed by atoms with Crippen molar-refractivity contribution in [3.8, 4) is 11.3 Å². The number of hydrogen-bond donors (Lipinski definition) is 3. The third-order valence-corrected chi connectivity index (χ3v) is 9.21. The Morgan fingerprint density at radius 1 is 0.833 bits per heavy atom. The molecule has 4 aromatic rings. The van der Waals surface area contributed by atoms with Gasteiger partial charge in [0.05, 0.1) is 21.3 Å². The number of hydroxylamine groups is 1. The number of hydrogen-bond acceptors (Lipinski definition) is 9. The number of rotatable bonds is 7. The molecule has 216 valence electrons. The van der Waals surface area contributed by atoms with Crippen LogP contribution >= 0.6 is 23.2 Å². The summed E-state index contributed by atoms with van der Waals surface area (Å²) in [6, 6.07) is 14.5. The molecular formula is C27H23Cl2N7O5S. The highest BCUT2D eigenvalue weighted by atomic mass is 35.5. The maximum atomic E-state index is 13.4. The Labute approximate surface area is 251 Å². The van der Waals surface area contributed by atoms with Gasteiger partial charge in [-0.05, 0) is 48.5 Å². The van der Waals surface area contributed by atoms with Crippen LogP contribution in [0.4, 0.5) is 11.6 Å². The van der Waals surface area contributed by atoms with Gasteiger partial charge in [-0.1, -0.05) is 29.3 Å². The third-order valence-electron chi connectivity index (χ3n) is 6.50. The predicted molar refractivity (Wildman–Crippen MR) is 156 cm³/mol. The highest BCUT2D eigenvalue weighted by Gasteiger charge is 2.31. The quantitative estimate of drug-likeness (QED) is 0.205. The lowest BCUT2D eigenvalue weighted by molar-refractivity contribution is 0.0705. The Bertz CT molecular complexity index is 1730. The molecule has 0 atom stereocenters. The van der Waals surface area contributed by atoms with E-state index < -0.39 is 21.8 Å². The second-order valence-corrected chi connectivity index (χ2v) is 11.8. The maximum absolute atomic E-state index is 13.4. The van der Waals surface area contributed by atoms with Crippen LogP contribution in [0.3, 0.4) is 0 Å². The molecule has 42 heavy (non-hydrogen) atoms. The topological polar surface area (TPSA) is 158 Å². The molecule has 15 heteroatoms. The number of anilines is 2. The molecule has 3 heterocycles. The van der Waals surface area contributed by atoms with Crippen LogP contribution < -0.4 is 15.7 Å². The number of piperazine rings is 1. The molecule has 1 aliphatic heterocycles. The maximum Gasteiger partial charge on any atom is 0.277 e. The fraction of sp³-hybridized carbons (Fsp3) is 0.148. The van der Waals surface area contributed by atoms with Gasteiger partial charge in [-0.3, -0.25) is 19.8 Å². The molecule has 3 N–H and O–H groups in total. The van der Waals surface area contributed by atoms with Crippen LogP contribution in [0, 0.1) is 0 Å². The molecule has 0 radical (unpaired) electrons. The lowest BCUT2D eigenvalue weighted by atomic mass is 10.1. The summed E-state index contributed by atoms with van der Waals surface area (Å²) >= 11 is 12.7. The summed E-state index contributed by atoms with van der Waals surface area (Å²) in [7, 11) is -3.96. The average Bonchev–Trinajstić information content (AvgIpc) is 3.02. The summed E-state index contributed by atoms with van der Waals surface area (Å²) in [5.41, 5.74) is 3.53. The number of benzene rings is 2. The van der Waals surface area contributed by atoms with Crippen LogP contribution in [0.2, 0.25) is 10.0 Å². The molecule has 1 saturated heterocycles. The molecular weight excluding hydrogens is 605 g/mol. The van der Waals surface area contributed by atoms with E-state index in [1.807, 2.05) is 6.07 Å². The number of carbonyl (C=O) groups is 2. The summed E-state index contributed by atoms with van der Waals surface area (Å²) in [5, 5.41) is 11.9. The van der Waals surface area contributed by atoms with E-state index in [2.05, 4.69) is 20.3 Å². The highest BCUT2D eigenvalue weighted by Crippen LogP contribution is 2.30. The number of pyridine rings is 1. The summed E-state index contributed by atoms with van der Waals surface area (Å²) in [6.45, 7) is 0.867. The van der Waals surface area contributed by atoms with Crippen molar-refractivity contribution in [3.05, 3.63) is 94.4 Å². The number of halogens is 2. The second kappa shape index (κ2) is 12.4. The van der Waals surface area contributed by atoms with Gasteiger partial charge in [-0.25, -0.2) is 23.9 Å². The van der Waals surface area contributed by atoms with E-state index in [4.69, 9.17) is 28.4 Å². The van der Waals surface area contributed by atoms with E-state index >= 15 is 0 Å². The normalized spacial score (nSPS) is 13.9. The summed E-state index contributed by atoms with van der Waals surface area (Å²) in [5.74, 6) is -0.897. The summed E-state index contributed by atoms with van der Waals surface area (Å²) < 4.78 is 28.1. The van der Waals surface area contributed by atoms with Crippen LogP contribution in [0.1, 0.15) is 20.7 Å². The van der Waals surface area contributed by atoms with E-state index in [0.717, 1.165) is 0 Å². The lowest BCUT2D eigenvalue weighted by Crippen LogP contribution is -2.49. The van der Waals surface area contributed by atoms with E-state index in [9.17, 15) is 18.0 Å². The second-order valence-electron chi connectivity index (χ2n) is 9.11. The monoisotopic (exact) mass is 627 g/mol. The van der Waals surface area contributed by atoms with Gasteiger partial charge in [0.1, 0.15) is 4.90 Å². The van der Waals surface area contributed by atoms with Gasteiger partial charge in [0.25, 0.3) is 11.8 Å². The Balaban J connectivity index is 1.25. The molecule has 0 saturated carbocycles. The smallest absolute Gasteiger partial charge is 0.277 e. The van der Waals surface area contributed by atoms with Crippen molar-refractivity contribution in [2.75, 3.05) is 36.4 Å². The van der Waals surface area contributed by atoms with Gasteiger partial charge in [0, 0.05) is 61.6 Å². The number of sulfonamides is 1. The Kier molecular flexibility index (Phi) is 8.66. The van der Waals surface area contributed by atoms with Crippen molar-refractivity contribution in [1.29, 1.82) is 0 Å². The van der Waals surface area contributed by atoms with Crippen LogP contribution in [0.25, 0.3) is 11.3 Å². The van der Waals surface area contributed by atoms with E-state index in [-0.39, 0.29) is 34.1 Å². The average molecular weight is 628 g/mol. The Morgan fingerprint density at radius 2 is 1.57 bits per heavy atom. The van der Waals surface area contributed by atoms with Crippen LogP contribution in [0.15, 0.2) is 78.1 Å². The summed E-state index contributed by atoms with van der Waals surface area (Å²) in [6.07, 6.45) is 4.17. The largest absolute Gasteiger partial charge is 0.338 e. The number of amides is 2. The third kappa shape index (κ3) is 6.20. The number of aromatic nitrogens is 3. The molecule has 2 aromatic heterocycles. The Hall–Kier alpha value is -4.14. The van der Waals surface area contributed by atoms with Gasteiger partial charge >= 0.3 is 0 Å². The highest BCUT2D eigenvalue weighted by molar-refractivity contribution is 7.89. The standard InChI is InChI=1S/C27H23Cl2N7O5S/c28-21-6-5-19(14-20(21)23-3-1-2-8-30-23)33-25(37)17-4-7-24(22(29)13-17)42(40,41)36-11-9-35(10-12-36)27-31-15-18(16-32-27)26(38)34-39/h1-8,13-16,39H,9-12H2,(H,33,37)(H,34,38). The SMILES string of the molecule is O=C(NO)c1cnc(N2CCN(S(=O)(=O)c3ccc(C(=O)Nc4ccc(Cl)c(-c5ccccn5)c4)cc3Cl)CC2)nc1. The molecule has 2 amide bonds. The first-order valence-corrected chi connectivity index (χ1v) is 14.7. The Morgan fingerprint density at radius 3 is 2.21 bits per heavy atom. The van der Waals surface area contributed by atoms with Gasteiger partial charge in [-0.2, -0.15) is 4.31 Å². The van der Waals surface area contributed by atoms with Crippen LogP contribution in [0.5, 0.6) is 0 Å². The van der Waals surface area contributed by atoms with Crippen molar-refractivity contribution in [2.24, 2.45) is 0 Å². The van der Waals surface area contributed by atoms with Crippen LogP contribution in [-0.4, -0.2) is 70.9 Å². The van der Waals surface area contributed by atoms with Crippen LogP contribution in [-0.2, 0) is 10.0 Å². The molecule has 12 nitrogen and oxygen atoms in total. The zero-order chi connectivity index (χ0) is 29.9. The van der Waals surface area contributed by atoms with Gasteiger partial charge in [-0.15, -0.1) is 0 Å². The van der Waals surface area contributed by atoms with Gasteiger partial charge in [0.2, 0.25) is 16.0 Å². The first kappa shape index (κ1) is 29.4. The molecule has 0 aliphatic carbocycles. The van der Waals surface area contributed by atoms with Crippen molar-refractivity contribution in [1.82, 2.24) is 24.7 Å². The lowest BCUT2D eigenvalue weighted by Gasteiger charge is -2.34. The van der Waals surface area contributed by atoms with E-state index in [1.165, 1.54) is 40.4 Å². The van der Waals surface area contributed by atoms with Gasteiger partial charge in [0.15, 0.2) is 0 Å². The first-order chi connectivity index (χ1) is 20.2. The zero-order valence-electron chi connectivity index (χ0n) is 21.7. The molecule has 5 rings (SSSR count). The number of nitrogens with one attached hydrogen (secondary N) is 2. The van der Waals surface area contributed by atoms with Crippen molar-refractivity contribution >= 4 is 56.7 Å². The minimum Gasteiger partial charge on any atom is -0.338 e. The minimum absolute atomic E-state index is 0.0802. The van der Waals surface area contributed by atoms with E-state index in [1.54, 1.807) is 41.4 Å².